The molecule has 3 N–H and O–H groups in total. The summed E-state index contributed by atoms with van der Waals surface area (Å²) >= 11 is 0. The number of hydrogen-bond acceptors (Lipinski definition) is 7. The van der Waals surface area contributed by atoms with E-state index in [4.69, 9.17) is 4.74 Å². The number of ether oxygens (including phenoxy) is 1. The van der Waals surface area contributed by atoms with E-state index < -0.39 is 11.6 Å². The number of fused-ring (bicyclic) bond motifs is 2. The summed E-state index contributed by atoms with van der Waals surface area (Å²) < 4.78 is 32.2. The Morgan fingerprint density at radius 2 is 1.91 bits per heavy atom. The lowest BCUT2D eigenvalue weighted by Gasteiger charge is -2.32. The van der Waals surface area contributed by atoms with Crippen LogP contribution >= 0.6 is 0 Å². The number of anilines is 1. The van der Waals surface area contributed by atoms with Crippen molar-refractivity contribution in [3.8, 4) is 5.75 Å². The molecule has 4 heterocycles. The first-order valence-corrected chi connectivity index (χ1v) is 11.2. The zero-order valence-electron chi connectivity index (χ0n) is 18.4. The van der Waals surface area contributed by atoms with Crippen LogP contribution in [0.3, 0.4) is 0 Å². The van der Waals surface area contributed by atoms with Crippen molar-refractivity contribution < 1.29 is 18.3 Å². The summed E-state index contributed by atoms with van der Waals surface area (Å²) in [4.78, 5) is 37.3. The SMILES string of the molecule is O=C1COc2ccc(CNC3CCN(CCc4nc5cc(F)c(F)cc5[nH]c4=O)CC3)nc2N1. The van der Waals surface area contributed by atoms with Crippen LogP contribution in [0.1, 0.15) is 24.2 Å². The topological polar surface area (TPSA) is 112 Å². The fourth-order valence-corrected chi connectivity index (χ4v) is 4.27. The predicted octanol–water partition coefficient (Wildman–Crippen LogP) is 1.72. The van der Waals surface area contributed by atoms with Crippen molar-refractivity contribution in [3.05, 3.63) is 57.6 Å². The molecule has 2 aliphatic heterocycles. The van der Waals surface area contributed by atoms with E-state index >= 15 is 0 Å². The average molecular weight is 470 g/mol. The number of amides is 1. The van der Waals surface area contributed by atoms with Crippen molar-refractivity contribution in [2.45, 2.75) is 31.8 Å². The Labute approximate surface area is 193 Å². The normalized spacial score (nSPS) is 16.8. The van der Waals surface area contributed by atoms with Gasteiger partial charge in [0.2, 0.25) is 0 Å². The highest BCUT2D eigenvalue weighted by Gasteiger charge is 2.21. The Morgan fingerprint density at radius 1 is 1.12 bits per heavy atom. The van der Waals surface area contributed by atoms with Gasteiger partial charge in [0, 0.05) is 37.7 Å². The van der Waals surface area contributed by atoms with Crippen LogP contribution in [0.2, 0.25) is 0 Å². The number of pyridine rings is 1. The van der Waals surface area contributed by atoms with Gasteiger partial charge in [0.05, 0.1) is 16.7 Å². The molecule has 11 heteroatoms. The third kappa shape index (κ3) is 4.90. The second-order valence-corrected chi connectivity index (χ2v) is 8.53. The van der Waals surface area contributed by atoms with Gasteiger partial charge in [-0.1, -0.05) is 0 Å². The number of hydrogen-bond donors (Lipinski definition) is 3. The number of carbonyl (C=O) groups is 1. The lowest BCUT2D eigenvalue weighted by molar-refractivity contribution is -0.118. The standard InChI is InChI=1S/C23H24F2N6O3/c24-15-9-18-19(10-16(15)25)29-23(33)17(28-18)5-8-31-6-3-13(4-7-31)26-11-14-1-2-20-22(27-14)30-21(32)12-34-20/h1-2,9-10,13,26H,3-8,11-12H2,(H,29,33)(H,27,30,32). The van der Waals surface area contributed by atoms with Crippen molar-refractivity contribution in [2.75, 3.05) is 31.6 Å². The summed E-state index contributed by atoms with van der Waals surface area (Å²) in [6.07, 6.45) is 2.31. The molecule has 0 radical (unpaired) electrons. The molecule has 1 fully saturated rings. The molecule has 0 bridgehead atoms. The van der Waals surface area contributed by atoms with Crippen molar-refractivity contribution in [2.24, 2.45) is 0 Å². The monoisotopic (exact) mass is 470 g/mol. The zero-order valence-corrected chi connectivity index (χ0v) is 18.4. The number of likely N-dealkylation sites (tertiary alicyclic amines) is 1. The number of nitrogens with zero attached hydrogens (tertiary/aromatic N) is 3. The Balaban J connectivity index is 1.11. The van der Waals surface area contributed by atoms with E-state index in [0.29, 0.717) is 42.8 Å². The van der Waals surface area contributed by atoms with Gasteiger partial charge in [-0.3, -0.25) is 9.59 Å². The molecule has 0 unspecified atom stereocenters. The van der Waals surface area contributed by atoms with Gasteiger partial charge in [-0.25, -0.2) is 18.7 Å². The van der Waals surface area contributed by atoms with Crippen LogP contribution in [0.15, 0.2) is 29.1 Å². The predicted molar refractivity (Wildman–Crippen MR) is 121 cm³/mol. The molecule has 1 aromatic carbocycles. The Morgan fingerprint density at radius 3 is 2.74 bits per heavy atom. The molecule has 0 saturated carbocycles. The highest BCUT2D eigenvalue weighted by atomic mass is 19.2. The number of aromatic amines is 1. The third-order valence-electron chi connectivity index (χ3n) is 6.16. The van der Waals surface area contributed by atoms with Crippen LogP contribution in [0.25, 0.3) is 11.0 Å². The summed E-state index contributed by atoms with van der Waals surface area (Å²) in [5, 5.41) is 6.23. The fraction of sp³-hybridized carbons (Fsp3) is 0.391. The first kappa shape index (κ1) is 22.4. The van der Waals surface area contributed by atoms with E-state index in [2.05, 4.69) is 30.5 Å². The molecule has 34 heavy (non-hydrogen) atoms. The van der Waals surface area contributed by atoms with E-state index in [1.54, 1.807) is 0 Å². The molecule has 0 aliphatic carbocycles. The highest BCUT2D eigenvalue weighted by molar-refractivity contribution is 5.94. The van der Waals surface area contributed by atoms with Crippen LogP contribution in [0, 0.1) is 11.6 Å². The highest BCUT2D eigenvalue weighted by Crippen LogP contribution is 2.25. The Kier molecular flexibility index (Phi) is 6.20. The summed E-state index contributed by atoms with van der Waals surface area (Å²) in [7, 11) is 0. The maximum absolute atomic E-state index is 13.5. The minimum absolute atomic E-state index is 0.00863. The minimum atomic E-state index is -1.02. The quantitative estimate of drug-likeness (QED) is 0.503. The lowest BCUT2D eigenvalue weighted by Crippen LogP contribution is -2.43. The van der Waals surface area contributed by atoms with Gasteiger partial charge in [-0.15, -0.1) is 0 Å². The number of carbonyl (C=O) groups excluding carboxylic acids is 1. The van der Waals surface area contributed by atoms with E-state index in [-0.39, 0.29) is 29.1 Å². The molecule has 0 atom stereocenters. The summed E-state index contributed by atoms with van der Waals surface area (Å²) in [5.74, 6) is -1.18. The molecule has 1 amide bonds. The number of benzene rings is 1. The van der Waals surface area contributed by atoms with Gasteiger partial charge in [-0.05, 0) is 38.1 Å². The van der Waals surface area contributed by atoms with Crippen molar-refractivity contribution in [1.82, 2.24) is 25.2 Å². The summed E-state index contributed by atoms with van der Waals surface area (Å²) in [6.45, 7) is 2.98. The van der Waals surface area contributed by atoms with E-state index in [1.807, 2.05) is 12.1 Å². The zero-order chi connectivity index (χ0) is 23.7. The van der Waals surface area contributed by atoms with Gasteiger partial charge in [0.25, 0.3) is 11.5 Å². The molecule has 178 valence electrons. The van der Waals surface area contributed by atoms with Crippen LogP contribution in [-0.4, -0.2) is 58.0 Å². The molecule has 9 nitrogen and oxygen atoms in total. The van der Waals surface area contributed by atoms with Gasteiger partial charge in [0.15, 0.2) is 29.8 Å². The maximum atomic E-state index is 13.5. The number of nitrogens with one attached hydrogen (secondary N) is 3. The lowest BCUT2D eigenvalue weighted by atomic mass is 10.0. The number of H-pyrrole nitrogens is 1. The van der Waals surface area contributed by atoms with Crippen LogP contribution in [-0.2, 0) is 17.8 Å². The van der Waals surface area contributed by atoms with Gasteiger partial charge >= 0.3 is 0 Å². The van der Waals surface area contributed by atoms with Crippen molar-refractivity contribution in [3.63, 3.8) is 0 Å². The van der Waals surface area contributed by atoms with Crippen LogP contribution in [0.4, 0.5) is 14.6 Å². The fourth-order valence-electron chi connectivity index (χ4n) is 4.27. The second kappa shape index (κ2) is 9.43. The molecular weight excluding hydrogens is 446 g/mol. The molecule has 0 spiro atoms. The van der Waals surface area contributed by atoms with Gasteiger partial charge in [0.1, 0.15) is 5.69 Å². The molecule has 5 rings (SSSR count). The average Bonchev–Trinajstić information content (AvgIpc) is 2.83. The number of halogens is 2. The van der Waals surface area contributed by atoms with E-state index in [0.717, 1.165) is 43.8 Å². The minimum Gasteiger partial charge on any atom is -0.480 e. The Bertz CT molecular complexity index is 1290. The van der Waals surface area contributed by atoms with Crippen LogP contribution < -0.4 is 20.9 Å². The summed E-state index contributed by atoms with van der Waals surface area (Å²) in [5.41, 5.74) is 1.17. The number of piperidine rings is 1. The Hall–Kier alpha value is -3.44. The number of rotatable bonds is 6. The molecule has 3 aromatic rings. The summed E-state index contributed by atoms with van der Waals surface area (Å²) in [6, 6.07) is 5.98. The maximum Gasteiger partial charge on any atom is 0.270 e. The van der Waals surface area contributed by atoms with E-state index in [1.165, 1.54) is 0 Å². The number of aromatic nitrogens is 3. The van der Waals surface area contributed by atoms with Crippen molar-refractivity contribution in [1.29, 1.82) is 0 Å². The molecule has 1 saturated heterocycles. The van der Waals surface area contributed by atoms with Gasteiger partial charge < -0.3 is 25.3 Å². The molecule has 2 aliphatic rings. The second-order valence-electron chi connectivity index (χ2n) is 8.53. The smallest absolute Gasteiger partial charge is 0.270 e. The van der Waals surface area contributed by atoms with Crippen LogP contribution in [0.5, 0.6) is 5.75 Å². The largest absolute Gasteiger partial charge is 0.480 e. The first-order chi connectivity index (χ1) is 16.4. The molecular formula is C23H24F2N6O3. The van der Waals surface area contributed by atoms with E-state index in [9.17, 15) is 18.4 Å². The van der Waals surface area contributed by atoms with Gasteiger partial charge in [-0.2, -0.15) is 0 Å². The molecule has 2 aromatic heterocycles. The third-order valence-corrected chi connectivity index (χ3v) is 6.16. The first-order valence-electron chi connectivity index (χ1n) is 11.2. The van der Waals surface area contributed by atoms with Crippen molar-refractivity contribution >= 4 is 22.8 Å².